The van der Waals surface area contributed by atoms with Gasteiger partial charge in [-0.15, -0.1) is 0 Å². The number of alkyl carbamates (subject to hydrolysis) is 1. The van der Waals surface area contributed by atoms with E-state index < -0.39 is 70.4 Å². The minimum Gasteiger partial charge on any atom is -0.458 e. The summed E-state index contributed by atoms with van der Waals surface area (Å²) in [5.41, 5.74) is -5.44. The molecule has 9 heteroatoms. The van der Waals surface area contributed by atoms with Crippen LogP contribution in [0.25, 0.3) is 0 Å². The van der Waals surface area contributed by atoms with E-state index in [4.69, 9.17) is 9.47 Å². The van der Waals surface area contributed by atoms with Crippen molar-refractivity contribution in [1.82, 2.24) is 5.32 Å². The normalized spacial score (nSPS) is 42.2. The highest BCUT2D eigenvalue weighted by Crippen LogP contribution is 2.71. The summed E-state index contributed by atoms with van der Waals surface area (Å²) in [6, 6.07) is -0.205. The van der Waals surface area contributed by atoms with Crippen molar-refractivity contribution in [2.45, 2.75) is 97.1 Å². The zero-order valence-electron chi connectivity index (χ0n) is 23.1. The molecular formula is C29H40FNO7. The van der Waals surface area contributed by atoms with Crippen LogP contribution in [0.15, 0.2) is 23.8 Å². The number of rotatable bonds is 6. The molecule has 0 spiro atoms. The summed E-state index contributed by atoms with van der Waals surface area (Å²) < 4.78 is 28.6. The number of hydrogen-bond acceptors (Lipinski definition) is 7. The SMILES string of the molecule is CCC(C)NC(=O)O[C@@]1(C(=O)COC(C)=O)[C@@H](C)CC2C3CCC4=CC(=O)C=C[C@]4(C)C3(F)[C@@H](O)C[C@@]21C. The summed E-state index contributed by atoms with van der Waals surface area (Å²) in [6.07, 6.45) is 3.92. The Morgan fingerprint density at radius 1 is 1.26 bits per heavy atom. The molecule has 0 bridgehead atoms. The first-order valence-corrected chi connectivity index (χ1v) is 13.6. The molecule has 9 atom stereocenters. The van der Waals surface area contributed by atoms with Gasteiger partial charge in [-0.1, -0.05) is 32.4 Å². The number of allylic oxidation sites excluding steroid dienone is 4. The third-order valence-electron chi connectivity index (χ3n) is 10.2. The highest BCUT2D eigenvalue weighted by atomic mass is 19.1. The molecule has 0 aliphatic heterocycles. The van der Waals surface area contributed by atoms with Gasteiger partial charge in [0.15, 0.2) is 23.7 Å². The number of alkyl halides is 1. The van der Waals surface area contributed by atoms with Crippen molar-refractivity contribution in [2.75, 3.05) is 6.61 Å². The molecule has 3 fully saturated rings. The van der Waals surface area contributed by atoms with Gasteiger partial charge in [0, 0.05) is 35.6 Å². The van der Waals surface area contributed by atoms with E-state index in [1.165, 1.54) is 19.1 Å². The van der Waals surface area contributed by atoms with Gasteiger partial charge in [0.05, 0.1) is 6.10 Å². The van der Waals surface area contributed by atoms with Crippen molar-refractivity contribution < 1.29 is 38.1 Å². The quantitative estimate of drug-likeness (QED) is 0.496. The Balaban J connectivity index is 1.80. The van der Waals surface area contributed by atoms with E-state index in [0.717, 1.165) is 0 Å². The van der Waals surface area contributed by atoms with Gasteiger partial charge in [0.25, 0.3) is 0 Å². The monoisotopic (exact) mass is 533 g/mol. The first kappa shape index (κ1) is 28.5. The van der Waals surface area contributed by atoms with Gasteiger partial charge < -0.3 is 19.9 Å². The standard InChI is InChI=1S/C29H40FNO7/c1-7-17(3)31-25(36)38-29(24(35)15-37-18(4)32)16(2)12-22-21-9-8-19-13-20(33)10-11-26(19,5)28(21,30)23(34)14-27(22,29)6/h10-11,13,16-17,21-23,34H,7-9,12,14-15H2,1-6H3,(H,31,36)/t16-,17?,21?,22?,23-,26-,27-,28?,29+/m0/s1. The number of carbonyl (C=O) groups is 4. The number of Topliss-reactive ketones (excluding diaryl/α,β-unsaturated/α-hetero) is 1. The van der Waals surface area contributed by atoms with E-state index >= 15 is 4.39 Å². The molecule has 210 valence electrons. The van der Waals surface area contributed by atoms with Gasteiger partial charge in [0.2, 0.25) is 5.78 Å². The van der Waals surface area contributed by atoms with Crippen molar-refractivity contribution in [3.8, 4) is 0 Å². The smallest absolute Gasteiger partial charge is 0.408 e. The molecule has 8 nitrogen and oxygen atoms in total. The van der Waals surface area contributed by atoms with Crippen LogP contribution in [0.4, 0.5) is 9.18 Å². The Kier molecular flexibility index (Phi) is 7.17. The third kappa shape index (κ3) is 3.87. The molecule has 0 heterocycles. The predicted molar refractivity (Wildman–Crippen MR) is 137 cm³/mol. The van der Waals surface area contributed by atoms with E-state index in [-0.39, 0.29) is 18.2 Å². The lowest BCUT2D eigenvalue weighted by molar-refractivity contribution is -0.219. The second-order valence-electron chi connectivity index (χ2n) is 12.2. The number of hydrogen-bond donors (Lipinski definition) is 2. The van der Waals surface area contributed by atoms with Crippen molar-refractivity contribution in [3.05, 3.63) is 23.8 Å². The van der Waals surface area contributed by atoms with Crippen LogP contribution < -0.4 is 5.32 Å². The lowest BCUT2D eigenvalue weighted by Crippen LogP contribution is -2.70. The molecule has 0 aromatic rings. The first-order valence-electron chi connectivity index (χ1n) is 13.6. The number of esters is 1. The van der Waals surface area contributed by atoms with Crippen LogP contribution >= 0.6 is 0 Å². The minimum atomic E-state index is -2.08. The topological polar surface area (TPSA) is 119 Å². The fourth-order valence-electron chi connectivity index (χ4n) is 8.15. The molecule has 4 aliphatic rings. The van der Waals surface area contributed by atoms with E-state index in [9.17, 15) is 24.3 Å². The second kappa shape index (κ2) is 9.57. The summed E-state index contributed by atoms with van der Waals surface area (Å²) in [4.78, 5) is 50.6. The number of fused-ring (bicyclic) bond motifs is 5. The van der Waals surface area contributed by atoms with Gasteiger partial charge >= 0.3 is 12.1 Å². The van der Waals surface area contributed by atoms with E-state index in [1.807, 2.05) is 13.8 Å². The van der Waals surface area contributed by atoms with Gasteiger partial charge in [-0.3, -0.25) is 14.4 Å². The maximum absolute atomic E-state index is 17.5. The van der Waals surface area contributed by atoms with Crippen LogP contribution in [0.2, 0.25) is 0 Å². The number of aliphatic hydroxyl groups excluding tert-OH is 1. The average Bonchev–Trinajstić information content (AvgIpc) is 3.05. The molecule has 4 aliphatic carbocycles. The van der Waals surface area contributed by atoms with E-state index in [2.05, 4.69) is 5.32 Å². The molecule has 0 aromatic carbocycles. The summed E-state index contributed by atoms with van der Waals surface area (Å²) >= 11 is 0. The van der Waals surface area contributed by atoms with Crippen molar-refractivity contribution >= 4 is 23.6 Å². The molecule has 2 N–H and O–H groups in total. The number of ether oxygens (including phenoxy) is 2. The molecule has 1 amide bonds. The summed E-state index contributed by atoms with van der Waals surface area (Å²) in [7, 11) is 0. The molecule has 38 heavy (non-hydrogen) atoms. The molecular weight excluding hydrogens is 493 g/mol. The fourth-order valence-corrected chi connectivity index (χ4v) is 8.15. The van der Waals surface area contributed by atoms with Gasteiger partial charge in [-0.2, -0.15) is 0 Å². The number of halogens is 1. The summed E-state index contributed by atoms with van der Waals surface area (Å²) in [6.45, 7) is 9.64. The largest absolute Gasteiger partial charge is 0.458 e. The summed E-state index contributed by atoms with van der Waals surface area (Å²) in [5, 5.41) is 14.4. The zero-order valence-corrected chi connectivity index (χ0v) is 23.1. The molecule has 4 unspecified atom stereocenters. The van der Waals surface area contributed by atoms with Crippen LogP contribution in [0.3, 0.4) is 0 Å². The number of nitrogens with one attached hydrogen (secondary N) is 1. The number of aliphatic hydroxyl groups is 1. The van der Waals surface area contributed by atoms with Crippen LogP contribution in [-0.2, 0) is 23.9 Å². The van der Waals surface area contributed by atoms with Crippen LogP contribution in [-0.4, -0.2) is 58.8 Å². The Bertz CT molecular complexity index is 1100. The number of amides is 1. The predicted octanol–water partition coefficient (Wildman–Crippen LogP) is 4.00. The Morgan fingerprint density at radius 3 is 2.58 bits per heavy atom. The van der Waals surface area contributed by atoms with Crippen LogP contribution in [0.5, 0.6) is 0 Å². The Labute approximate surface area is 223 Å². The molecule has 0 radical (unpaired) electrons. The first-order chi connectivity index (χ1) is 17.7. The maximum atomic E-state index is 17.5. The number of carbonyl (C=O) groups excluding carboxylic acids is 4. The highest BCUT2D eigenvalue weighted by Gasteiger charge is 2.77. The van der Waals surface area contributed by atoms with E-state index in [1.54, 1.807) is 26.8 Å². The lowest BCUT2D eigenvalue weighted by atomic mass is 9.44. The lowest BCUT2D eigenvalue weighted by Gasteiger charge is -2.62. The van der Waals surface area contributed by atoms with Crippen molar-refractivity contribution in [3.63, 3.8) is 0 Å². The van der Waals surface area contributed by atoms with Crippen molar-refractivity contribution in [2.24, 2.45) is 28.6 Å². The van der Waals surface area contributed by atoms with E-state index in [0.29, 0.717) is 31.3 Å². The zero-order chi connectivity index (χ0) is 28.3. The summed E-state index contributed by atoms with van der Waals surface area (Å²) in [5.74, 6) is -2.99. The third-order valence-corrected chi connectivity index (χ3v) is 10.2. The minimum absolute atomic E-state index is 0.137. The highest BCUT2D eigenvalue weighted by molar-refractivity contribution is 6.01. The van der Waals surface area contributed by atoms with Gasteiger partial charge in [-0.05, 0) is 64.0 Å². The Hall–Kier alpha value is -2.55. The molecule has 0 saturated heterocycles. The molecule has 4 rings (SSSR count). The second-order valence-corrected chi connectivity index (χ2v) is 12.2. The average molecular weight is 534 g/mol. The molecule has 3 saturated carbocycles. The Morgan fingerprint density at radius 2 is 1.95 bits per heavy atom. The van der Waals surface area contributed by atoms with Crippen LogP contribution in [0.1, 0.15) is 73.6 Å². The van der Waals surface area contributed by atoms with Gasteiger partial charge in [-0.25, -0.2) is 9.18 Å². The maximum Gasteiger partial charge on any atom is 0.408 e. The number of ketones is 2. The molecule has 0 aromatic heterocycles. The van der Waals surface area contributed by atoms with Crippen LogP contribution in [0, 0.1) is 28.6 Å². The van der Waals surface area contributed by atoms with Crippen molar-refractivity contribution in [1.29, 1.82) is 0 Å². The van der Waals surface area contributed by atoms with Gasteiger partial charge in [0.1, 0.15) is 0 Å². The fraction of sp³-hybridized carbons (Fsp3) is 0.724.